The minimum absolute atomic E-state index is 0.134. The monoisotopic (exact) mass is 279 g/mol. The van der Waals surface area contributed by atoms with E-state index in [-0.39, 0.29) is 18.0 Å². The maximum Gasteiger partial charge on any atom is 0.323 e. The number of rotatable bonds is 6. The lowest BCUT2D eigenvalue weighted by atomic mass is 10.3. The number of aryl methyl sites for hydroxylation is 1. The molecule has 0 saturated carbocycles. The number of hydrogen-bond donors (Lipinski definition) is 3. The van der Waals surface area contributed by atoms with E-state index in [1.165, 1.54) is 0 Å². The third-order valence-electron chi connectivity index (χ3n) is 2.50. The average Bonchev–Trinajstić information content (AvgIpc) is 2.85. The van der Waals surface area contributed by atoms with E-state index < -0.39 is 0 Å². The first-order chi connectivity index (χ1) is 9.63. The topological polar surface area (TPSA) is 129 Å². The van der Waals surface area contributed by atoms with E-state index in [9.17, 15) is 0 Å². The minimum atomic E-state index is -0.134. The average molecular weight is 279 g/mol. The van der Waals surface area contributed by atoms with Gasteiger partial charge < -0.3 is 14.6 Å². The third-order valence-corrected chi connectivity index (χ3v) is 2.50. The molecule has 4 N–H and O–H groups in total. The molecule has 1 unspecified atom stereocenters. The first-order valence-corrected chi connectivity index (χ1v) is 6.10. The molecule has 0 radical (unpaired) electrons. The number of hydrazine groups is 1. The summed E-state index contributed by atoms with van der Waals surface area (Å²) < 4.78 is 7.06. The summed E-state index contributed by atoms with van der Waals surface area (Å²) in [7, 11) is 1.86. The van der Waals surface area contributed by atoms with E-state index in [0.29, 0.717) is 12.6 Å². The fourth-order valence-electron chi connectivity index (χ4n) is 1.62. The highest BCUT2D eigenvalue weighted by Crippen LogP contribution is 2.16. The Morgan fingerprint density at radius 3 is 2.70 bits per heavy atom. The SMILES string of the molecule is CCOc1nc(NN)nc(NC(C)c2nncn2C)n1. The number of nitrogens with one attached hydrogen (secondary N) is 2. The number of nitrogens with zero attached hydrogens (tertiary/aromatic N) is 6. The van der Waals surface area contributed by atoms with Crippen molar-refractivity contribution in [3.8, 4) is 6.01 Å². The Morgan fingerprint density at radius 1 is 1.35 bits per heavy atom. The Hall–Kier alpha value is -2.49. The van der Waals surface area contributed by atoms with Crippen molar-refractivity contribution in [3.05, 3.63) is 12.2 Å². The van der Waals surface area contributed by atoms with Gasteiger partial charge in [-0.1, -0.05) is 0 Å². The maximum atomic E-state index is 5.32. The molecule has 108 valence electrons. The molecule has 0 aromatic carbocycles. The van der Waals surface area contributed by atoms with E-state index in [2.05, 4.69) is 35.9 Å². The van der Waals surface area contributed by atoms with Gasteiger partial charge in [0.2, 0.25) is 11.9 Å². The molecule has 0 amide bonds. The van der Waals surface area contributed by atoms with Crippen molar-refractivity contribution in [2.45, 2.75) is 19.9 Å². The van der Waals surface area contributed by atoms with Crippen LogP contribution in [0.1, 0.15) is 25.7 Å². The van der Waals surface area contributed by atoms with Gasteiger partial charge in [-0.3, -0.25) is 5.43 Å². The van der Waals surface area contributed by atoms with Crippen LogP contribution in [0.15, 0.2) is 6.33 Å². The molecule has 0 aliphatic carbocycles. The van der Waals surface area contributed by atoms with Crippen molar-refractivity contribution in [1.82, 2.24) is 29.7 Å². The molecule has 2 rings (SSSR count). The molecule has 0 aliphatic rings. The first-order valence-electron chi connectivity index (χ1n) is 6.10. The quantitative estimate of drug-likeness (QED) is 0.488. The fourth-order valence-corrected chi connectivity index (χ4v) is 1.62. The second-order valence-corrected chi connectivity index (χ2v) is 4.01. The van der Waals surface area contributed by atoms with Gasteiger partial charge in [0.15, 0.2) is 5.82 Å². The van der Waals surface area contributed by atoms with Gasteiger partial charge in [-0.25, -0.2) is 5.84 Å². The number of nitrogen functional groups attached to an aromatic ring is 1. The molecule has 20 heavy (non-hydrogen) atoms. The molecular formula is C10H17N9O. The van der Waals surface area contributed by atoms with Crippen LogP contribution in [0.2, 0.25) is 0 Å². The Kier molecular flexibility index (Phi) is 4.25. The zero-order valence-electron chi connectivity index (χ0n) is 11.5. The molecule has 0 spiro atoms. The van der Waals surface area contributed by atoms with Crippen LogP contribution in [0.5, 0.6) is 6.01 Å². The summed E-state index contributed by atoms with van der Waals surface area (Å²) in [6.07, 6.45) is 1.62. The molecular weight excluding hydrogens is 262 g/mol. The van der Waals surface area contributed by atoms with E-state index in [1.807, 2.05) is 25.5 Å². The highest BCUT2D eigenvalue weighted by atomic mass is 16.5. The number of hydrogen-bond acceptors (Lipinski definition) is 9. The molecule has 0 bridgehead atoms. The summed E-state index contributed by atoms with van der Waals surface area (Å²) in [5, 5.41) is 10.9. The van der Waals surface area contributed by atoms with Crippen LogP contribution in [0.4, 0.5) is 11.9 Å². The number of ether oxygens (including phenoxy) is 1. The smallest absolute Gasteiger partial charge is 0.323 e. The summed E-state index contributed by atoms with van der Waals surface area (Å²) in [5.74, 6) is 6.63. The predicted octanol–water partition coefficient (Wildman–Crippen LogP) is -0.143. The molecule has 1 atom stereocenters. The van der Waals surface area contributed by atoms with E-state index in [0.717, 1.165) is 5.82 Å². The van der Waals surface area contributed by atoms with Crippen LogP contribution in [-0.2, 0) is 7.05 Å². The second-order valence-electron chi connectivity index (χ2n) is 4.01. The van der Waals surface area contributed by atoms with Crippen molar-refractivity contribution in [1.29, 1.82) is 0 Å². The summed E-state index contributed by atoms with van der Waals surface area (Å²) in [6, 6.07) is 0.0631. The number of nitrogens with two attached hydrogens (primary N) is 1. The Morgan fingerprint density at radius 2 is 2.10 bits per heavy atom. The van der Waals surface area contributed by atoms with Gasteiger partial charge in [0, 0.05) is 7.05 Å². The minimum Gasteiger partial charge on any atom is -0.464 e. The maximum absolute atomic E-state index is 5.32. The Balaban J connectivity index is 2.19. The van der Waals surface area contributed by atoms with Crippen LogP contribution >= 0.6 is 0 Å². The summed E-state index contributed by atoms with van der Waals surface area (Å²) >= 11 is 0. The molecule has 0 saturated heterocycles. The standard InChI is InChI=1S/C10H17N9O/c1-4-20-10-15-8(14-9(16-10)17-11)13-6(2)7-18-12-5-19(7)3/h5-6H,4,11H2,1-3H3,(H2,13,14,15,16,17). The molecule has 10 heteroatoms. The second kappa shape index (κ2) is 6.10. The normalized spacial score (nSPS) is 12.0. The summed E-state index contributed by atoms with van der Waals surface area (Å²) in [6.45, 7) is 4.21. The molecule has 10 nitrogen and oxygen atoms in total. The Labute approximate surface area is 115 Å². The third kappa shape index (κ3) is 3.09. The van der Waals surface area contributed by atoms with Gasteiger partial charge in [-0.15, -0.1) is 10.2 Å². The van der Waals surface area contributed by atoms with Crippen molar-refractivity contribution in [2.75, 3.05) is 17.3 Å². The van der Waals surface area contributed by atoms with E-state index in [4.69, 9.17) is 10.6 Å². The zero-order chi connectivity index (χ0) is 14.5. The van der Waals surface area contributed by atoms with Crippen molar-refractivity contribution in [3.63, 3.8) is 0 Å². The molecule has 2 aromatic rings. The van der Waals surface area contributed by atoms with E-state index >= 15 is 0 Å². The van der Waals surface area contributed by atoms with Gasteiger partial charge >= 0.3 is 6.01 Å². The van der Waals surface area contributed by atoms with Crippen LogP contribution in [-0.4, -0.2) is 36.3 Å². The van der Waals surface area contributed by atoms with Crippen molar-refractivity contribution in [2.24, 2.45) is 12.9 Å². The van der Waals surface area contributed by atoms with Crippen molar-refractivity contribution >= 4 is 11.9 Å². The summed E-state index contributed by atoms with van der Waals surface area (Å²) in [4.78, 5) is 12.2. The molecule has 0 fully saturated rings. The Bertz CT molecular complexity index is 570. The van der Waals surface area contributed by atoms with E-state index in [1.54, 1.807) is 6.33 Å². The van der Waals surface area contributed by atoms with Gasteiger partial charge in [0.25, 0.3) is 0 Å². The van der Waals surface area contributed by atoms with Gasteiger partial charge in [-0.2, -0.15) is 15.0 Å². The van der Waals surface area contributed by atoms with Crippen LogP contribution in [0, 0.1) is 0 Å². The lowest BCUT2D eigenvalue weighted by molar-refractivity contribution is 0.312. The van der Waals surface area contributed by atoms with Gasteiger partial charge in [0.05, 0.1) is 12.6 Å². The largest absolute Gasteiger partial charge is 0.464 e. The van der Waals surface area contributed by atoms with Gasteiger partial charge in [-0.05, 0) is 13.8 Å². The van der Waals surface area contributed by atoms with Crippen LogP contribution < -0.4 is 21.3 Å². The fraction of sp³-hybridized carbons (Fsp3) is 0.500. The lowest BCUT2D eigenvalue weighted by Crippen LogP contribution is -2.17. The molecule has 2 aromatic heterocycles. The number of aromatic nitrogens is 6. The van der Waals surface area contributed by atoms with Crippen LogP contribution in [0.25, 0.3) is 0 Å². The molecule has 0 aliphatic heterocycles. The molecule has 2 heterocycles. The highest BCUT2D eigenvalue weighted by Gasteiger charge is 2.14. The predicted molar refractivity (Wildman–Crippen MR) is 71.8 cm³/mol. The highest BCUT2D eigenvalue weighted by molar-refractivity contribution is 5.36. The summed E-state index contributed by atoms with van der Waals surface area (Å²) in [5.41, 5.74) is 2.37. The number of anilines is 2. The first kappa shape index (κ1) is 13.9. The van der Waals surface area contributed by atoms with Crippen LogP contribution in [0.3, 0.4) is 0 Å². The van der Waals surface area contributed by atoms with Gasteiger partial charge in [0.1, 0.15) is 6.33 Å². The van der Waals surface area contributed by atoms with Crippen molar-refractivity contribution < 1.29 is 4.74 Å². The zero-order valence-corrected chi connectivity index (χ0v) is 11.5. The lowest BCUT2D eigenvalue weighted by Gasteiger charge is -2.13.